The van der Waals surface area contributed by atoms with Crippen LogP contribution in [0.3, 0.4) is 0 Å². The Morgan fingerprint density at radius 1 is 1.06 bits per heavy atom. The minimum Gasteiger partial charge on any atom is -0.462 e. The van der Waals surface area contributed by atoms with Crippen molar-refractivity contribution in [3.05, 3.63) is 12.2 Å². The molecule has 0 aliphatic carbocycles. The molecular formula is C13H22O4. The molecule has 0 unspecified atom stereocenters. The average Bonchev–Trinajstić information content (AvgIpc) is 2.29. The zero-order valence-corrected chi connectivity index (χ0v) is 10.8. The summed E-state index contributed by atoms with van der Waals surface area (Å²) >= 11 is 0. The normalized spacial score (nSPS) is 9.76. The van der Waals surface area contributed by atoms with Gasteiger partial charge in [-0.25, -0.2) is 4.79 Å². The molecule has 0 bridgehead atoms. The number of ether oxygens (including phenoxy) is 2. The molecule has 0 aromatic heterocycles. The van der Waals surface area contributed by atoms with Crippen molar-refractivity contribution in [2.75, 3.05) is 13.2 Å². The van der Waals surface area contributed by atoms with E-state index in [4.69, 9.17) is 9.47 Å². The summed E-state index contributed by atoms with van der Waals surface area (Å²) in [5.41, 5.74) is 0.343. The van der Waals surface area contributed by atoms with Crippen molar-refractivity contribution in [2.24, 2.45) is 0 Å². The number of hydrogen-bond donors (Lipinski definition) is 0. The second-order valence-electron chi connectivity index (χ2n) is 3.95. The van der Waals surface area contributed by atoms with Crippen molar-refractivity contribution >= 4 is 11.9 Å². The van der Waals surface area contributed by atoms with Gasteiger partial charge in [0.15, 0.2) is 0 Å². The molecule has 17 heavy (non-hydrogen) atoms. The molecule has 4 heteroatoms. The number of hydrogen-bond acceptors (Lipinski definition) is 4. The summed E-state index contributed by atoms with van der Waals surface area (Å²) in [6, 6.07) is 0. The second kappa shape index (κ2) is 9.87. The fourth-order valence-electron chi connectivity index (χ4n) is 1.18. The second-order valence-corrected chi connectivity index (χ2v) is 3.95. The Morgan fingerprint density at radius 2 is 1.71 bits per heavy atom. The average molecular weight is 242 g/mol. The predicted octanol–water partition coefficient (Wildman–Crippen LogP) is 2.62. The first-order valence-corrected chi connectivity index (χ1v) is 6.06. The molecule has 0 spiro atoms. The third-order valence-corrected chi connectivity index (χ3v) is 2.16. The zero-order chi connectivity index (χ0) is 13.1. The van der Waals surface area contributed by atoms with Crippen LogP contribution < -0.4 is 0 Å². The molecule has 0 fully saturated rings. The number of carbonyl (C=O) groups is 2. The molecule has 0 aliphatic rings. The maximum Gasteiger partial charge on any atom is 0.333 e. The predicted molar refractivity (Wildman–Crippen MR) is 65.5 cm³/mol. The summed E-state index contributed by atoms with van der Waals surface area (Å²) in [5, 5.41) is 0. The Kier molecular flexibility index (Phi) is 9.11. The molecule has 0 saturated carbocycles. The van der Waals surface area contributed by atoms with Crippen molar-refractivity contribution in [3.8, 4) is 0 Å². The molecule has 0 aromatic carbocycles. The highest BCUT2D eigenvalue weighted by molar-refractivity contribution is 5.86. The lowest BCUT2D eigenvalue weighted by Gasteiger charge is -2.06. The lowest BCUT2D eigenvalue weighted by Crippen LogP contribution is -2.14. The van der Waals surface area contributed by atoms with Gasteiger partial charge in [0, 0.05) is 12.0 Å². The van der Waals surface area contributed by atoms with Crippen molar-refractivity contribution in [1.82, 2.24) is 0 Å². The summed E-state index contributed by atoms with van der Waals surface area (Å²) in [6.07, 6.45) is 4.64. The molecule has 0 amide bonds. The van der Waals surface area contributed by atoms with Gasteiger partial charge in [0.1, 0.15) is 13.2 Å². The van der Waals surface area contributed by atoms with E-state index in [1.807, 2.05) is 0 Å². The van der Waals surface area contributed by atoms with Crippen LogP contribution in [0.5, 0.6) is 0 Å². The maximum absolute atomic E-state index is 11.2. The van der Waals surface area contributed by atoms with Crippen LogP contribution in [0.2, 0.25) is 0 Å². The van der Waals surface area contributed by atoms with Gasteiger partial charge in [-0.15, -0.1) is 0 Å². The highest BCUT2D eigenvalue weighted by Crippen LogP contribution is 2.03. The SMILES string of the molecule is C=C(C)C(=O)OCCOC(=O)CCCCCC. The van der Waals surface area contributed by atoms with E-state index in [9.17, 15) is 9.59 Å². The molecule has 0 atom stereocenters. The standard InChI is InChI=1S/C13H22O4/c1-4-5-6-7-8-12(14)16-9-10-17-13(15)11(2)3/h2,4-10H2,1,3H3. The number of esters is 2. The quantitative estimate of drug-likeness (QED) is 0.354. The third-order valence-electron chi connectivity index (χ3n) is 2.16. The van der Waals surface area contributed by atoms with Gasteiger partial charge >= 0.3 is 11.9 Å². The Labute approximate surface area is 103 Å². The monoisotopic (exact) mass is 242 g/mol. The van der Waals surface area contributed by atoms with E-state index in [0.717, 1.165) is 25.7 Å². The van der Waals surface area contributed by atoms with Gasteiger partial charge in [0.2, 0.25) is 0 Å². The molecule has 0 heterocycles. The molecule has 0 rings (SSSR count). The Balaban J connectivity index is 3.39. The molecule has 0 radical (unpaired) electrons. The van der Waals surface area contributed by atoms with Gasteiger partial charge in [-0.2, -0.15) is 0 Å². The van der Waals surface area contributed by atoms with E-state index in [1.54, 1.807) is 6.92 Å². The maximum atomic E-state index is 11.2. The largest absolute Gasteiger partial charge is 0.462 e. The first kappa shape index (κ1) is 15.7. The van der Waals surface area contributed by atoms with E-state index < -0.39 is 5.97 Å². The van der Waals surface area contributed by atoms with Crippen LogP contribution in [0.1, 0.15) is 46.0 Å². The summed E-state index contributed by atoms with van der Waals surface area (Å²) in [5.74, 6) is -0.684. The third kappa shape index (κ3) is 9.60. The van der Waals surface area contributed by atoms with Crippen molar-refractivity contribution < 1.29 is 19.1 Å². The van der Waals surface area contributed by atoms with Crippen molar-refractivity contribution in [1.29, 1.82) is 0 Å². The van der Waals surface area contributed by atoms with Crippen LogP contribution in [0.15, 0.2) is 12.2 Å². The van der Waals surface area contributed by atoms with Crippen LogP contribution in [-0.4, -0.2) is 25.2 Å². The van der Waals surface area contributed by atoms with E-state index in [1.165, 1.54) is 0 Å². The summed E-state index contributed by atoms with van der Waals surface area (Å²) in [6.45, 7) is 7.34. The number of carbonyl (C=O) groups excluding carboxylic acids is 2. The van der Waals surface area contributed by atoms with Crippen LogP contribution in [0.25, 0.3) is 0 Å². The number of unbranched alkanes of at least 4 members (excludes halogenated alkanes) is 3. The van der Waals surface area contributed by atoms with E-state index in [2.05, 4.69) is 13.5 Å². The van der Waals surface area contributed by atoms with Gasteiger partial charge in [-0.05, 0) is 13.3 Å². The van der Waals surface area contributed by atoms with E-state index >= 15 is 0 Å². The molecule has 4 nitrogen and oxygen atoms in total. The fourth-order valence-corrected chi connectivity index (χ4v) is 1.18. The molecule has 0 aromatic rings. The van der Waals surface area contributed by atoms with Crippen LogP contribution in [-0.2, 0) is 19.1 Å². The summed E-state index contributed by atoms with van der Waals surface area (Å²) in [7, 11) is 0. The van der Waals surface area contributed by atoms with Gasteiger partial charge in [-0.3, -0.25) is 4.79 Å². The minimum atomic E-state index is -0.455. The molecule has 0 saturated heterocycles. The Hall–Kier alpha value is -1.32. The van der Waals surface area contributed by atoms with Gasteiger partial charge < -0.3 is 9.47 Å². The van der Waals surface area contributed by atoms with Crippen LogP contribution in [0, 0.1) is 0 Å². The van der Waals surface area contributed by atoms with Gasteiger partial charge in [0.25, 0.3) is 0 Å². The highest BCUT2D eigenvalue weighted by atomic mass is 16.6. The lowest BCUT2D eigenvalue weighted by atomic mass is 10.2. The van der Waals surface area contributed by atoms with Crippen LogP contribution >= 0.6 is 0 Å². The molecule has 98 valence electrons. The van der Waals surface area contributed by atoms with E-state index in [0.29, 0.717) is 12.0 Å². The zero-order valence-electron chi connectivity index (χ0n) is 10.8. The molecule has 0 N–H and O–H groups in total. The molecule has 0 aliphatic heterocycles. The smallest absolute Gasteiger partial charge is 0.333 e. The Bertz CT molecular complexity index is 258. The van der Waals surface area contributed by atoms with Crippen molar-refractivity contribution in [3.63, 3.8) is 0 Å². The summed E-state index contributed by atoms with van der Waals surface area (Å²) in [4.78, 5) is 22.2. The molecular weight excluding hydrogens is 220 g/mol. The Morgan fingerprint density at radius 3 is 2.29 bits per heavy atom. The van der Waals surface area contributed by atoms with E-state index in [-0.39, 0.29) is 19.2 Å². The van der Waals surface area contributed by atoms with Gasteiger partial charge in [-0.1, -0.05) is 32.8 Å². The highest BCUT2D eigenvalue weighted by Gasteiger charge is 2.05. The lowest BCUT2D eigenvalue weighted by molar-refractivity contribution is -0.150. The first-order chi connectivity index (χ1) is 8.07. The summed E-state index contributed by atoms with van der Waals surface area (Å²) < 4.78 is 9.69. The van der Waals surface area contributed by atoms with Gasteiger partial charge in [0.05, 0.1) is 0 Å². The minimum absolute atomic E-state index is 0.0897. The van der Waals surface area contributed by atoms with Crippen molar-refractivity contribution in [2.45, 2.75) is 46.0 Å². The number of rotatable bonds is 9. The topological polar surface area (TPSA) is 52.6 Å². The fraction of sp³-hybridized carbons (Fsp3) is 0.692. The van der Waals surface area contributed by atoms with Crippen LogP contribution in [0.4, 0.5) is 0 Å². The first-order valence-electron chi connectivity index (χ1n) is 6.06.